The first-order valence-electron chi connectivity index (χ1n) is 8.40. The van der Waals surface area contributed by atoms with Crippen LogP contribution in [0.25, 0.3) is 11.1 Å². The average molecular weight is 361 g/mol. The summed E-state index contributed by atoms with van der Waals surface area (Å²) in [5.41, 5.74) is 2.71. The first kappa shape index (κ1) is 17.5. The van der Waals surface area contributed by atoms with Crippen molar-refractivity contribution < 1.29 is 5.11 Å². The molecule has 1 nitrogen and oxygen atoms in total. The fourth-order valence-electron chi connectivity index (χ4n) is 3.62. The molecule has 2 aromatic carbocycles. The first-order valence-corrected chi connectivity index (χ1v) is 9.16. The Morgan fingerprint density at radius 2 is 1.79 bits per heavy atom. The van der Waals surface area contributed by atoms with Crippen LogP contribution in [0.3, 0.4) is 0 Å². The van der Waals surface area contributed by atoms with Gasteiger partial charge in [0.25, 0.3) is 0 Å². The fraction of sp³-hybridized carbons (Fsp3) is 0.333. The summed E-state index contributed by atoms with van der Waals surface area (Å²) >= 11 is 12.3. The highest BCUT2D eigenvalue weighted by atomic mass is 35.5. The molecule has 3 rings (SSSR count). The van der Waals surface area contributed by atoms with Gasteiger partial charge in [-0.05, 0) is 71.7 Å². The zero-order valence-electron chi connectivity index (χ0n) is 13.9. The summed E-state index contributed by atoms with van der Waals surface area (Å²) in [5.74, 6) is 0.607. The second kappa shape index (κ2) is 6.92. The Hall–Kier alpha value is -1.28. The van der Waals surface area contributed by atoms with E-state index in [2.05, 4.69) is 13.5 Å². The minimum absolute atomic E-state index is 0.607. The number of rotatable bonds is 3. The Morgan fingerprint density at radius 3 is 2.42 bits per heavy atom. The predicted octanol–water partition coefficient (Wildman–Crippen LogP) is 6.61. The SMILES string of the molecule is C=C1CC(CC)CCC1(O)c1cc(Cl)ccc1-c1ccc(Cl)cc1. The van der Waals surface area contributed by atoms with E-state index in [1.165, 1.54) is 0 Å². The second-order valence-corrected chi connectivity index (χ2v) is 7.55. The molecular formula is C21H22Cl2O. The van der Waals surface area contributed by atoms with E-state index >= 15 is 0 Å². The standard InChI is InChI=1S/C21H22Cl2O/c1-3-15-10-11-21(24,14(2)12-15)20-13-18(23)8-9-19(20)16-4-6-17(22)7-5-16/h4-9,13,15,24H,2-3,10-12H2,1H3. The van der Waals surface area contributed by atoms with Crippen molar-refractivity contribution in [3.63, 3.8) is 0 Å². The van der Waals surface area contributed by atoms with Gasteiger partial charge in [0.2, 0.25) is 0 Å². The maximum atomic E-state index is 11.5. The molecule has 0 saturated heterocycles. The number of halogens is 2. The molecule has 1 aliphatic rings. The third-order valence-electron chi connectivity index (χ3n) is 5.19. The van der Waals surface area contributed by atoms with Crippen LogP contribution in [0.2, 0.25) is 10.0 Å². The molecule has 24 heavy (non-hydrogen) atoms. The molecule has 2 atom stereocenters. The molecule has 1 saturated carbocycles. The van der Waals surface area contributed by atoms with Gasteiger partial charge >= 0.3 is 0 Å². The molecule has 0 aromatic heterocycles. The van der Waals surface area contributed by atoms with E-state index in [0.717, 1.165) is 41.5 Å². The normalized spacial score (nSPS) is 24.2. The molecule has 0 amide bonds. The van der Waals surface area contributed by atoms with Gasteiger partial charge in [-0.2, -0.15) is 0 Å². The Labute approximate surface area is 153 Å². The molecule has 3 heteroatoms. The highest BCUT2D eigenvalue weighted by molar-refractivity contribution is 6.31. The van der Waals surface area contributed by atoms with Crippen LogP contribution in [0.5, 0.6) is 0 Å². The van der Waals surface area contributed by atoms with Crippen molar-refractivity contribution in [2.24, 2.45) is 5.92 Å². The van der Waals surface area contributed by atoms with Gasteiger partial charge in [0, 0.05) is 10.0 Å². The van der Waals surface area contributed by atoms with E-state index in [9.17, 15) is 5.11 Å². The maximum Gasteiger partial charge on any atom is 0.111 e. The van der Waals surface area contributed by atoms with E-state index in [0.29, 0.717) is 22.4 Å². The van der Waals surface area contributed by atoms with Crippen molar-refractivity contribution in [1.29, 1.82) is 0 Å². The van der Waals surface area contributed by atoms with Crippen LogP contribution in [-0.2, 0) is 5.60 Å². The predicted molar refractivity (Wildman–Crippen MR) is 103 cm³/mol. The summed E-state index contributed by atoms with van der Waals surface area (Å²) in [5, 5.41) is 12.8. The van der Waals surface area contributed by atoms with Crippen molar-refractivity contribution in [3.05, 3.63) is 70.2 Å². The number of hydrogen-bond donors (Lipinski definition) is 1. The monoisotopic (exact) mass is 360 g/mol. The minimum Gasteiger partial charge on any atom is -0.381 e. The van der Waals surface area contributed by atoms with Gasteiger partial charge in [-0.3, -0.25) is 0 Å². The lowest BCUT2D eigenvalue weighted by Crippen LogP contribution is -2.34. The lowest BCUT2D eigenvalue weighted by atomic mass is 9.70. The number of hydrogen-bond acceptors (Lipinski definition) is 1. The highest BCUT2D eigenvalue weighted by Gasteiger charge is 2.39. The molecule has 0 spiro atoms. The number of benzene rings is 2. The topological polar surface area (TPSA) is 20.2 Å². The second-order valence-electron chi connectivity index (χ2n) is 6.68. The molecule has 1 N–H and O–H groups in total. The molecular weight excluding hydrogens is 339 g/mol. The van der Waals surface area contributed by atoms with Crippen LogP contribution in [0.4, 0.5) is 0 Å². The summed E-state index contributed by atoms with van der Waals surface area (Å²) in [7, 11) is 0. The van der Waals surface area contributed by atoms with Crippen LogP contribution in [-0.4, -0.2) is 5.11 Å². The van der Waals surface area contributed by atoms with Gasteiger partial charge in [-0.1, -0.05) is 61.3 Å². The zero-order valence-corrected chi connectivity index (χ0v) is 15.4. The van der Waals surface area contributed by atoms with Crippen LogP contribution in [0.1, 0.15) is 38.2 Å². The highest BCUT2D eigenvalue weighted by Crippen LogP contribution is 2.47. The molecule has 2 aromatic rings. The summed E-state index contributed by atoms with van der Waals surface area (Å²) in [6, 6.07) is 13.4. The molecule has 2 unspecified atom stereocenters. The maximum absolute atomic E-state index is 11.5. The summed E-state index contributed by atoms with van der Waals surface area (Å²) in [6.45, 7) is 6.40. The van der Waals surface area contributed by atoms with Crippen molar-refractivity contribution >= 4 is 23.2 Å². The van der Waals surface area contributed by atoms with Crippen molar-refractivity contribution in [2.75, 3.05) is 0 Å². The van der Waals surface area contributed by atoms with Crippen LogP contribution >= 0.6 is 23.2 Å². The zero-order chi connectivity index (χ0) is 17.3. The molecule has 1 fully saturated rings. The Kier molecular flexibility index (Phi) is 5.05. The molecule has 0 bridgehead atoms. The Balaban J connectivity index is 2.08. The number of aliphatic hydroxyl groups is 1. The quantitative estimate of drug-likeness (QED) is 0.610. The van der Waals surface area contributed by atoms with Crippen LogP contribution < -0.4 is 0 Å². The largest absolute Gasteiger partial charge is 0.381 e. The van der Waals surface area contributed by atoms with Crippen molar-refractivity contribution in [3.8, 4) is 11.1 Å². The van der Waals surface area contributed by atoms with E-state index < -0.39 is 5.60 Å². The van der Waals surface area contributed by atoms with Crippen LogP contribution in [0.15, 0.2) is 54.6 Å². The summed E-state index contributed by atoms with van der Waals surface area (Å²) < 4.78 is 0. The Morgan fingerprint density at radius 1 is 1.12 bits per heavy atom. The minimum atomic E-state index is -1.02. The summed E-state index contributed by atoms with van der Waals surface area (Å²) in [6.07, 6.45) is 3.66. The summed E-state index contributed by atoms with van der Waals surface area (Å²) in [4.78, 5) is 0. The fourth-order valence-corrected chi connectivity index (χ4v) is 3.92. The van der Waals surface area contributed by atoms with Gasteiger partial charge in [-0.25, -0.2) is 0 Å². The smallest absolute Gasteiger partial charge is 0.111 e. The van der Waals surface area contributed by atoms with Gasteiger partial charge in [0.05, 0.1) is 0 Å². The molecule has 0 heterocycles. The molecule has 0 aliphatic heterocycles. The van der Waals surface area contributed by atoms with E-state index in [4.69, 9.17) is 23.2 Å². The van der Waals surface area contributed by atoms with Crippen molar-refractivity contribution in [2.45, 2.75) is 38.2 Å². The molecule has 0 radical (unpaired) electrons. The Bertz CT molecular complexity index is 751. The van der Waals surface area contributed by atoms with Gasteiger partial charge in [0.1, 0.15) is 5.60 Å². The van der Waals surface area contributed by atoms with E-state index in [1.54, 1.807) is 0 Å². The average Bonchev–Trinajstić information content (AvgIpc) is 2.58. The molecule has 1 aliphatic carbocycles. The third-order valence-corrected chi connectivity index (χ3v) is 5.68. The molecule has 126 valence electrons. The van der Waals surface area contributed by atoms with Gasteiger partial charge in [-0.15, -0.1) is 0 Å². The van der Waals surface area contributed by atoms with Crippen LogP contribution in [0, 0.1) is 5.92 Å². The first-order chi connectivity index (χ1) is 11.4. The third kappa shape index (κ3) is 3.26. The van der Waals surface area contributed by atoms with Gasteiger partial charge in [0.15, 0.2) is 0 Å². The van der Waals surface area contributed by atoms with Gasteiger partial charge < -0.3 is 5.11 Å². The lowest BCUT2D eigenvalue weighted by molar-refractivity contribution is 0.0373. The van der Waals surface area contributed by atoms with E-state index in [-0.39, 0.29) is 0 Å². The van der Waals surface area contributed by atoms with E-state index in [1.807, 2.05) is 42.5 Å². The van der Waals surface area contributed by atoms with Crippen molar-refractivity contribution in [1.82, 2.24) is 0 Å². The lowest BCUT2D eigenvalue weighted by Gasteiger charge is -2.39.